The number of nitrogens with zero attached hydrogens (tertiary/aromatic N) is 2. The van der Waals surface area contributed by atoms with E-state index in [1.807, 2.05) is 40.7 Å². The SMILES string of the molecule is CC[C@@H](C(=O)NC(C)(C)C)N(Cc1ccc(Cl)cc1)C(=O)CN(c1cccc(C)c1)S(C)(=O)=O. The number of nitrogens with one attached hydrogen (secondary N) is 1. The fourth-order valence-electron chi connectivity index (χ4n) is 3.56. The maximum absolute atomic E-state index is 13.6. The highest BCUT2D eigenvalue weighted by atomic mass is 35.5. The molecule has 0 saturated heterocycles. The van der Waals surface area contributed by atoms with Gasteiger partial charge in [0.1, 0.15) is 12.6 Å². The number of aryl methyl sites for hydroxylation is 1. The van der Waals surface area contributed by atoms with E-state index in [0.717, 1.165) is 21.7 Å². The molecule has 2 aromatic carbocycles. The van der Waals surface area contributed by atoms with Crippen LogP contribution in [0.1, 0.15) is 45.2 Å². The number of anilines is 1. The topological polar surface area (TPSA) is 86.8 Å². The van der Waals surface area contributed by atoms with Gasteiger partial charge in [0.2, 0.25) is 21.8 Å². The lowest BCUT2D eigenvalue weighted by Gasteiger charge is -2.34. The lowest BCUT2D eigenvalue weighted by molar-refractivity contribution is -0.141. The molecular formula is C25H34ClN3O4S. The molecule has 0 saturated carbocycles. The van der Waals surface area contributed by atoms with E-state index in [9.17, 15) is 18.0 Å². The second-order valence-electron chi connectivity index (χ2n) is 9.42. The highest BCUT2D eigenvalue weighted by molar-refractivity contribution is 7.92. The largest absolute Gasteiger partial charge is 0.350 e. The summed E-state index contributed by atoms with van der Waals surface area (Å²) >= 11 is 6.01. The van der Waals surface area contributed by atoms with Crippen molar-refractivity contribution in [1.29, 1.82) is 0 Å². The van der Waals surface area contributed by atoms with Crippen molar-refractivity contribution in [3.63, 3.8) is 0 Å². The van der Waals surface area contributed by atoms with Crippen LogP contribution in [0.5, 0.6) is 0 Å². The molecule has 0 spiro atoms. The molecular weight excluding hydrogens is 474 g/mol. The fourth-order valence-corrected chi connectivity index (χ4v) is 4.52. The maximum Gasteiger partial charge on any atom is 0.244 e. The Morgan fingerprint density at radius 3 is 2.21 bits per heavy atom. The first-order valence-electron chi connectivity index (χ1n) is 11.1. The Morgan fingerprint density at radius 1 is 1.09 bits per heavy atom. The van der Waals surface area contributed by atoms with Gasteiger partial charge in [0.25, 0.3) is 0 Å². The average molecular weight is 508 g/mol. The predicted octanol–water partition coefficient (Wildman–Crippen LogP) is 4.14. The quantitative estimate of drug-likeness (QED) is 0.552. The minimum absolute atomic E-state index is 0.136. The third-order valence-corrected chi connectivity index (χ3v) is 6.51. The first-order valence-corrected chi connectivity index (χ1v) is 13.3. The number of benzene rings is 2. The fraction of sp³-hybridized carbons (Fsp3) is 0.440. The average Bonchev–Trinajstić information content (AvgIpc) is 2.71. The number of carbonyl (C=O) groups excluding carboxylic acids is 2. The minimum atomic E-state index is -3.76. The molecule has 1 N–H and O–H groups in total. The molecule has 2 amide bonds. The lowest BCUT2D eigenvalue weighted by Crippen LogP contribution is -2.55. The summed E-state index contributed by atoms with van der Waals surface area (Å²) in [4.78, 5) is 28.2. The van der Waals surface area contributed by atoms with Crippen LogP contribution in [-0.2, 0) is 26.2 Å². The van der Waals surface area contributed by atoms with E-state index in [-0.39, 0.29) is 12.5 Å². The van der Waals surface area contributed by atoms with Gasteiger partial charge in [0, 0.05) is 17.1 Å². The van der Waals surface area contributed by atoms with Crippen molar-refractivity contribution in [3.8, 4) is 0 Å². The highest BCUT2D eigenvalue weighted by Crippen LogP contribution is 2.21. The summed E-state index contributed by atoms with van der Waals surface area (Å²) in [6, 6.07) is 13.2. The zero-order valence-electron chi connectivity index (χ0n) is 20.6. The normalized spacial score (nSPS) is 12.7. The van der Waals surface area contributed by atoms with Gasteiger partial charge in [-0.25, -0.2) is 8.42 Å². The minimum Gasteiger partial charge on any atom is -0.350 e. The maximum atomic E-state index is 13.6. The van der Waals surface area contributed by atoms with Crippen LogP contribution in [-0.4, -0.2) is 49.5 Å². The number of amides is 2. The van der Waals surface area contributed by atoms with Gasteiger partial charge < -0.3 is 10.2 Å². The van der Waals surface area contributed by atoms with Gasteiger partial charge in [-0.1, -0.05) is 42.8 Å². The molecule has 0 heterocycles. The van der Waals surface area contributed by atoms with E-state index in [1.165, 1.54) is 4.90 Å². The molecule has 0 unspecified atom stereocenters. The van der Waals surface area contributed by atoms with Crippen molar-refractivity contribution in [1.82, 2.24) is 10.2 Å². The van der Waals surface area contributed by atoms with Crippen molar-refractivity contribution in [3.05, 3.63) is 64.7 Å². The summed E-state index contributed by atoms with van der Waals surface area (Å²) in [5.41, 5.74) is 1.56. The first-order chi connectivity index (χ1) is 15.7. The second kappa shape index (κ2) is 11.2. The smallest absolute Gasteiger partial charge is 0.244 e. The number of rotatable bonds is 9. The summed E-state index contributed by atoms with van der Waals surface area (Å²) in [7, 11) is -3.76. The molecule has 9 heteroatoms. The summed E-state index contributed by atoms with van der Waals surface area (Å²) in [5.74, 6) is -0.767. The van der Waals surface area contributed by atoms with E-state index < -0.39 is 34.1 Å². The Bertz CT molecular complexity index is 1110. The molecule has 0 fully saturated rings. The van der Waals surface area contributed by atoms with Crippen LogP contribution in [0, 0.1) is 6.92 Å². The van der Waals surface area contributed by atoms with Gasteiger partial charge in [0.05, 0.1) is 11.9 Å². The zero-order valence-corrected chi connectivity index (χ0v) is 22.2. The van der Waals surface area contributed by atoms with E-state index in [2.05, 4.69) is 5.32 Å². The Kier molecular flexibility index (Phi) is 9.14. The third kappa shape index (κ3) is 8.02. The van der Waals surface area contributed by atoms with E-state index in [1.54, 1.807) is 42.5 Å². The van der Waals surface area contributed by atoms with Crippen molar-refractivity contribution >= 4 is 39.1 Å². The molecule has 0 aromatic heterocycles. The predicted molar refractivity (Wildman–Crippen MR) is 137 cm³/mol. The number of halogens is 1. The molecule has 2 rings (SSSR count). The Morgan fingerprint density at radius 2 is 1.71 bits per heavy atom. The summed E-state index contributed by atoms with van der Waals surface area (Å²) in [5, 5.41) is 3.49. The van der Waals surface area contributed by atoms with Gasteiger partial charge >= 0.3 is 0 Å². The highest BCUT2D eigenvalue weighted by Gasteiger charge is 2.33. The van der Waals surface area contributed by atoms with E-state index >= 15 is 0 Å². The molecule has 186 valence electrons. The molecule has 34 heavy (non-hydrogen) atoms. The van der Waals surface area contributed by atoms with Crippen LogP contribution in [0.4, 0.5) is 5.69 Å². The molecule has 0 radical (unpaired) electrons. The molecule has 0 aliphatic heterocycles. The molecule has 0 aliphatic rings. The van der Waals surface area contributed by atoms with Gasteiger partial charge in [-0.15, -0.1) is 0 Å². The first kappa shape index (κ1) is 27.7. The van der Waals surface area contributed by atoms with Crippen LogP contribution >= 0.6 is 11.6 Å². The molecule has 7 nitrogen and oxygen atoms in total. The number of sulfonamides is 1. The summed E-state index contributed by atoms with van der Waals surface area (Å²) < 4.78 is 26.3. The number of hydrogen-bond donors (Lipinski definition) is 1. The van der Waals surface area contributed by atoms with Crippen LogP contribution < -0.4 is 9.62 Å². The zero-order chi connectivity index (χ0) is 25.7. The monoisotopic (exact) mass is 507 g/mol. The van der Waals surface area contributed by atoms with Crippen LogP contribution in [0.2, 0.25) is 5.02 Å². The number of hydrogen-bond acceptors (Lipinski definition) is 4. The van der Waals surface area contributed by atoms with Crippen molar-refractivity contribution in [2.75, 3.05) is 17.1 Å². The standard InChI is InChI=1S/C25H34ClN3O4S/c1-7-22(24(31)27-25(3,4)5)28(16-19-11-13-20(26)14-12-19)23(30)17-29(34(6,32)33)21-10-8-9-18(2)15-21/h8-15,22H,7,16-17H2,1-6H3,(H,27,31)/t22-/m0/s1. The molecule has 0 aliphatic carbocycles. The van der Waals surface area contributed by atoms with Gasteiger partial charge in [-0.05, 0) is 69.5 Å². The van der Waals surface area contributed by atoms with Crippen LogP contribution in [0.25, 0.3) is 0 Å². The van der Waals surface area contributed by atoms with E-state index in [4.69, 9.17) is 11.6 Å². The number of carbonyl (C=O) groups is 2. The lowest BCUT2D eigenvalue weighted by atomic mass is 10.1. The summed E-state index contributed by atoms with van der Waals surface area (Å²) in [6.45, 7) is 8.99. The van der Waals surface area contributed by atoms with Gasteiger partial charge in [-0.2, -0.15) is 0 Å². The van der Waals surface area contributed by atoms with Crippen LogP contribution in [0.15, 0.2) is 48.5 Å². The Hall–Kier alpha value is -2.58. The van der Waals surface area contributed by atoms with E-state index in [0.29, 0.717) is 17.1 Å². The Labute approximate surface area is 208 Å². The van der Waals surface area contributed by atoms with Crippen molar-refractivity contribution in [2.24, 2.45) is 0 Å². The second-order valence-corrected chi connectivity index (χ2v) is 11.8. The molecule has 0 bridgehead atoms. The third-order valence-electron chi connectivity index (χ3n) is 5.12. The van der Waals surface area contributed by atoms with Gasteiger partial charge in [-0.3, -0.25) is 13.9 Å². The Balaban J connectivity index is 2.45. The molecule has 2 aromatic rings. The van der Waals surface area contributed by atoms with Gasteiger partial charge in [0.15, 0.2) is 0 Å². The van der Waals surface area contributed by atoms with Crippen molar-refractivity contribution in [2.45, 2.75) is 59.2 Å². The molecule has 1 atom stereocenters. The van der Waals surface area contributed by atoms with Crippen molar-refractivity contribution < 1.29 is 18.0 Å². The van der Waals surface area contributed by atoms with Crippen LogP contribution in [0.3, 0.4) is 0 Å². The summed E-state index contributed by atoms with van der Waals surface area (Å²) in [6.07, 6.45) is 1.43.